The Hall–Kier alpha value is -2.53. The van der Waals surface area contributed by atoms with Crippen molar-refractivity contribution in [3.63, 3.8) is 0 Å². The summed E-state index contributed by atoms with van der Waals surface area (Å²) in [5.74, 6) is 0.633. The van der Waals surface area contributed by atoms with Gasteiger partial charge >= 0.3 is 6.03 Å². The van der Waals surface area contributed by atoms with Crippen molar-refractivity contribution in [2.24, 2.45) is 11.8 Å². The lowest BCUT2D eigenvalue weighted by Crippen LogP contribution is -2.38. The highest BCUT2D eigenvalue weighted by Crippen LogP contribution is 2.45. The highest BCUT2D eigenvalue weighted by molar-refractivity contribution is 6.31. The zero-order valence-electron chi connectivity index (χ0n) is 16.1. The van der Waals surface area contributed by atoms with Gasteiger partial charge in [0.15, 0.2) is 0 Å². The van der Waals surface area contributed by atoms with Gasteiger partial charge in [0.25, 0.3) is 0 Å². The topological polar surface area (TPSA) is 52.7 Å². The number of anilines is 1. The Morgan fingerprint density at radius 2 is 1.82 bits per heavy atom. The van der Waals surface area contributed by atoms with Crippen molar-refractivity contribution in [2.75, 3.05) is 25.0 Å². The van der Waals surface area contributed by atoms with Gasteiger partial charge in [-0.1, -0.05) is 48.0 Å². The monoisotopic (exact) mass is 397 g/mol. The molecule has 0 unspecified atom stereocenters. The molecule has 28 heavy (non-hydrogen) atoms. The van der Waals surface area contributed by atoms with Crippen LogP contribution >= 0.6 is 11.6 Å². The van der Waals surface area contributed by atoms with Crippen LogP contribution in [0.15, 0.2) is 48.5 Å². The van der Waals surface area contributed by atoms with Crippen molar-refractivity contribution in [1.82, 2.24) is 9.80 Å². The molecule has 2 heterocycles. The number of nitrogens with one attached hydrogen (secondary N) is 1. The van der Waals surface area contributed by atoms with Gasteiger partial charge in [0.2, 0.25) is 5.91 Å². The summed E-state index contributed by atoms with van der Waals surface area (Å²) in [7, 11) is 0. The molecule has 0 saturated carbocycles. The molecular weight excluding hydrogens is 374 g/mol. The predicted octanol–water partition coefficient (Wildman–Crippen LogP) is 4.33. The van der Waals surface area contributed by atoms with E-state index >= 15 is 0 Å². The second-order valence-electron chi connectivity index (χ2n) is 7.75. The summed E-state index contributed by atoms with van der Waals surface area (Å²) in [6, 6.07) is 15.6. The molecule has 0 radical (unpaired) electrons. The molecular formula is C22H24ClN3O2. The molecule has 2 aliphatic rings. The van der Waals surface area contributed by atoms with Gasteiger partial charge in [-0.05, 0) is 30.2 Å². The standard InChI is InChI=1S/C22H24ClN3O2/c1-14-8-9-18(10-20(14)23)24-22(28)25-11-17-12-26(15(2)27)21(19(17)13-25)16-6-4-3-5-7-16/h3-10,17,19,21H,11-13H2,1-2H3,(H,24,28)/t17-,19-,21-/m1/s1. The van der Waals surface area contributed by atoms with Crippen LogP contribution in [0.5, 0.6) is 0 Å². The van der Waals surface area contributed by atoms with E-state index in [1.54, 1.807) is 13.0 Å². The summed E-state index contributed by atoms with van der Waals surface area (Å²) in [4.78, 5) is 28.8. The van der Waals surface area contributed by atoms with Gasteiger partial charge in [-0.25, -0.2) is 4.79 Å². The van der Waals surface area contributed by atoms with Crippen molar-refractivity contribution in [1.29, 1.82) is 0 Å². The number of hydrogen-bond donors (Lipinski definition) is 1. The van der Waals surface area contributed by atoms with Crippen molar-refractivity contribution < 1.29 is 9.59 Å². The number of amides is 3. The number of carbonyl (C=O) groups excluding carboxylic acids is 2. The minimum atomic E-state index is -0.115. The lowest BCUT2D eigenvalue weighted by atomic mass is 9.89. The van der Waals surface area contributed by atoms with Crippen molar-refractivity contribution in [3.05, 3.63) is 64.7 Å². The third kappa shape index (κ3) is 3.47. The average molecular weight is 398 g/mol. The maximum absolute atomic E-state index is 12.8. The maximum atomic E-state index is 12.8. The third-order valence-electron chi connectivity index (χ3n) is 5.92. The number of aryl methyl sites for hydroxylation is 1. The molecule has 0 spiro atoms. The van der Waals surface area contributed by atoms with E-state index in [9.17, 15) is 9.59 Å². The number of carbonyl (C=O) groups is 2. The molecule has 3 atom stereocenters. The summed E-state index contributed by atoms with van der Waals surface area (Å²) in [5, 5.41) is 3.59. The molecule has 0 bridgehead atoms. The fourth-order valence-electron chi connectivity index (χ4n) is 4.49. The van der Waals surface area contributed by atoms with Gasteiger partial charge < -0.3 is 15.1 Å². The van der Waals surface area contributed by atoms with Crippen molar-refractivity contribution in [3.8, 4) is 0 Å². The highest BCUT2D eigenvalue weighted by Gasteiger charge is 2.49. The maximum Gasteiger partial charge on any atom is 0.321 e. The van der Waals surface area contributed by atoms with Crippen LogP contribution in [-0.4, -0.2) is 41.4 Å². The van der Waals surface area contributed by atoms with Gasteiger partial charge in [0, 0.05) is 49.1 Å². The second kappa shape index (κ2) is 7.47. The van der Waals surface area contributed by atoms with E-state index in [4.69, 9.17) is 11.6 Å². The van der Waals surface area contributed by atoms with Crippen LogP contribution < -0.4 is 5.32 Å². The fraction of sp³-hybridized carbons (Fsp3) is 0.364. The molecule has 5 nitrogen and oxygen atoms in total. The van der Waals surface area contributed by atoms with Gasteiger partial charge in [0.05, 0.1) is 6.04 Å². The van der Waals surface area contributed by atoms with Gasteiger partial charge in [-0.3, -0.25) is 4.79 Å². The number of urea groups is 1. The number of benzene rings is 2. The predicted molar refractivity (Wildman–Crippen MR) is 110 cm³/mol. The molecule has 2 fully saturated rings. The lowest BCUT2D eigenvalue weighted by molar-refractivity contribution is -0.130. The van der Waals surface area contributed by atoms with Crippen molar-refractivity contribution >= 4 is 29.2 Å². The Kier molecular flexibility index (Phi) is 5.02. The summed E-state index contributed by atoms with van der Waals surface area (Å²) < 4.78 is 0. The Morgan fingerprint density at radius 3 is 2.50 bits per heavy atom. The van der Waals surface area contributed by atoms with E-state index in [0.29, 0.717) is 36.3 Å². The third-order valence-corrected chi connectivity index (χ3v) is 6.33. The van der Waals surface area contributed by atoms with Crippen LogP contribution in [0.25, 0.3) is 0 Å². The van der Waals surface area contributed by atoms with E-state index in [0.717, 1.165) is 11.1 Å². The van der Waals surface area contributed by atoms with Crippen LogP contribution in [0.1, 0.15) is 24.1 Å². The summed E-state index contributed by atoms with van der Waals surface area (Å²) in [6.45, 7) is 5.55. The zero-order chi connectivity index (χ0) is 19.8. The van der Waals surface area contributed by atoms with Crippen LogP contribution in [0, 0.1) is 18.8 Å². The first-order chi connectivity index (χ1) is 13.4. The molecule has 0 aliphatic carbocycles. The molecule has 6 heteroatoms. The number of fused-ring (bicyclic) bond motifs is 1. The van der Waals surface area contributed by atoms with Crippen molar-refractivity contribution in [2.45, 2.75) is 19.9 Å². The SMILES string of the molecule is CC(=O)N1C[C@H]2CN(C(=O)Nc3ccc(C)c(Cl)c3)C[C@H]2[C@H]1c1ccccc1. The second-order valence-corrected chi connectivity index (χ2v) is 8.16. The minimum Gasteiger partial charge on any atom is -0.335 e. The van der Waals surface area contributed by atoms with E-state index in [-0.39, 0.29) is 23.9 Å². The van der Waals surface area contributed by atoms with E-state index in [1.807, 2.05) is 47.1 Å². The Labute approximate surface area is 170 Å². The van der Waals surface area contributed by atoms with Gasteiger partial charge in [-0.15, -0.1) is 0 Å². The lowest BCUT2D eigenvalue weighted by Gasteiger charge is -2.29. The fourth-order valence-corrected chi connectivity index (χ4v) is 4.67. The van der Waals surface area contributed by atoms with E-state index in [2.05, 4.69) is 17.4 Å². The number of hydrogen-bond acceptors (Lipinski definition) is 2. The summed E-state index contributed by atoms with van der Waals surface area (Å²) in [5.41, 5.74) is 2.81. The largest absolute Gasteiger partial charge is 0.335 e. The minimum absolute atomic E-state index is 0.0234. The molecule has 2 aromatic carbocycles. The molecule has 3 amide bonds. The molecule has 2 aliphatic heterocycles. The quantitative estimate of drug-likeness (QED) is 0.819. The van der Waals surface area contributed by atoms with Crippen LogP contribution in [0.3, 0.4) is 0 Å². The average Bonchev–Trinajstić information content (AvgIpc) is 3.23. The van der Waals surface area contributed by atoms with Gasteiger partial charge in [0.1, 0.15) is 0 Å². The van der Waals surface area contributed by atoms with E-state index < -0.39 is 0 Å². The number of likely N-dealkylation sites (tertiary alicyclic amines) is 2. The number of halogens is 1. The zero-order valence-corrected chi connectivity index (χ0v) is 16.8. The first-order valence-electron chi connectivity index (χ1n) is 9.58. The number of rotatable bonds is 2. The highest BCUT2D eigenvalue weighted by atomic mass is 35.5. The van der Waals surface area contributed by atoms with E-state index in [1.165, 1.54) is 0 Å². The van der Waals surface area contributed by atoms with Gasteiger partial charge in [-0.2, -0.15) is 0 Å². The molecule has 2 aromatic rings. The Balaban J connectivity index is 1.50. The summed E-state index contributed by atoms with van der Waals surface area (Å²) >= 11 is 6.17. The number of nitrogens with zero attached hydrogens (tertiary/aromatic N) is 2. The molecule has 2 saturated heterocycles. The smallest absolute Gasteiger partial charge is 0.321 e. The van der Waals surface area contributed by atoms with Crippen LogP contribution in [0.2, 0.25) is 5.02 Å². The first-order valence-corrected chi connectivity index (χ1v) is 9.96. The normalized spacial score (nSPS) is 23.6. The Bertz CT molecular complexity index is 902. The summed E-state index contributed by atoms with van der Waals surface area (Å²) in [6.07, 6.45) is 0. The first kappa shape index (κ1) is 18.8. The Morgan fingerprint density at radius 1 is 1.07 bits per heavy atom. The molecule has 1 N–H and O–H groups in total. The van der Waals surface area contributed by atoms with Crippen LogP contribution in [-0.2, 0) is 4.79 Å². The molecule has 4 rings (SSSR count). The van der Waals surface area contributed by atoms with Crippen LogP contribution in [0.4, 0.5) is 10.5 Å². The molecule has 146 valence electrons. The molecule has 0 aromatic heterocycles.